The molecule has 11 heavy (non-hydrogen) atoms. The Morgan fingerprint density at radius 1 is 1.45 bits per heavy atom. The molecular formula is C6H15N3O2. The van der Waals surface area contributed by atoms with E-state index >= 15 is 0 Å². The zero-order chi connectivity index (χ0) is 8.69. The molecule has 0 saturated carbocycles. The molecule has 0 aromatic rings. The number of carbonyl (C=O) groups is 1. The zero-order valence-electron chi connectivity index (χ0n) is 6.42. The van der Waals surface area contributed by atoms with Crippen LogP contribution in [0.2, 0.25) is 0 Å². The summed E-state index contributed by atoms with van der Waals surface area (Å²) >= 11 is 0. The van der Waals surface area contributed by atoms with Crippen molar-refractivity contribution in [2.24, 2.45) is 11.5 Å². The van der Waals surface area contributed by atoms with Gasteiger partial charge in [0.05, 0.1) is 0 Å². The van der Waals surface area contributed by atoms with Crippen molar-refractivity contribution in [3.05, 3.63) is 0 Å². The van der Waals surface area contributed by atoms with E-state index in [2.05, 4.69) is 5.32 Å². The van der Waals surface area contributed by atoms with Crippen LogP contribution in [0.4, 0.5) is 0 Å². The Labute approximate surface area is 65.7 Å². The lowest BCUT2D eigenvalue weighted by Crippen LogP contribution is -2.45. The van der Waals surface area contributed by atoms with Crippen molar-refractivity contribution in [2.45, 2.75) is 25.6 Å². The maximum atomic E-state index is 10.0. The molecule has 0 rings (SSSR count). The number of unbranched alkanes of at least 4 members (excludes halogenated alkanes) is 1. The highest BCUT2D eigenvalue weighted by Crippen LogP contribution is 1.92. The molecule has 0 aromatic heterocycles. The van der Waals surface area contributed by atoms with Crippen LogP contribution in [0, 0.1) is 0 Å². The number of hydrogen-bond acceptors (Lipinski definition) is 4. The van der Waals surface area contributed by atoms with Crippen LogP contribution in [-0.4, -0.2) is 23.9 Å². The molecular weight excluding hydrogens is 146 g/mol. The molecule has 0 bridgehead atoms. The van der Waals surface area contributed by atoms with Crippen molar-refractivity contribution >= 4 is 5.97 Å². The van der Waals surface area contributed by atoms with Crippen LogP contribution in [0.3, 0.4) is 0 Å². The Bertz CT molecular complexity index is 116. The molecule has 0 heterocycles. The quantitative estimate of drug-likeness (QED) is 0.296. The number of carboxylic acid groups (broad SMARTS) is 1. The van der Waals surface area contributed by atoms with Gasteiger partial charge in [-0.2, -0.15) is 0 Å². The van der Waals surface area contributed by atoms with E-state index < -0.39 is 12.3 Å². The number of carboxylic acids is 1. The summed E-state index contributed by atoms with van der Waals surface area (Å²) in [5.41, 5.74) is 10.4. The van der Waals surface area contributed by atoms with Crippen LogP contribution >= 0.6 is 0 Å². The molecule has 0 unspecified atom stereocenters. The van der Waals surface area contributed by atoms with Gasteiger partial charge in [0.15, 0.2) is 0 Å². The Hall–Kier alpha value is -0.650. The van der Waals surface area contributed by atoms with Crippen LogP contribution in [-0.2, 0) is 4.79 Å². The van der Waals surface area contributed by atoms with E-state index in [1.807, 2.05) is 0 Å². The van der Waals surface area contributed by atoms with Crippen LogP contribution in [0.15, 0.2) is 0 Å². The molecule has 0 spiro atoms. The van der Waals surface area contributed by atoms with Crippen molar-refractivity contribution in [3.8, 4) is 0 Å². The van der Waals surface area contributed by atoms with E-state index in [-0.39, 0.29) is 6.42 Å². The van der Waals surface area contributed by atoms with Gasteiger partial charge in [-0.05, 0) is 19.4 Å². The Kier molecular flexibility index (Phi) is 5.73. The van der Waals surface area contributed by atoms with Gasteiger partial charge < -0.3 is 16.6 Å². The highest BCUT2D eigenvalue weighted by atomic mass is 16.4. The Balaban J connectivity index is 2.97. The second-order valence-corrected chi connectivity index (χ2v) is 2.33. The molecule has 0 aliphatic heterocycles. The van der Waals surface area contributed by atoms with Crippen LogP contribution in [0.1, 0.15) is 19.3 Å². The molecule has 0 aromatic carbocycles. The van der Waals surface area contributed by atoms with Crippen molar-refractivity contribution < 1.29 is 9.90 Å². The lowest BCUT2D eigenvalue weighted by molar-refractivity contribution is -0.137. The first-order chi connectivity index (χ1) is 5.13. The van der Waals surface area contributed by atoms with Gasteiger partial charge in [-0.15, -0.1) is 0 Å². The van der Waals surface area contributed by atoms with Gasteiger partial charge in [-0.3, -0.25) is 10.1 Å². The first-order valence-corrected chi connectivity index (χ1v) is 3.59. The van der Waals surface area contributed by atoms with Gasteiger partial charge in [0, 0.05) is 6.42 Å². The number of hydrogen-bond donors (Lipinski definition) is 4. The van der Waals surface area contributed by atoms with Crippen molar-refractivity contribution in [2.75, 3.05) is 6.54 Å². The molecule has 5 heteroatoms. The van der Waals surface area contributed by atoms with Crippen LogP contribution < -0.4 is 16.8 Å². The van der Waals surface area contributed by atoms with Gasteiger partial charge in [-0.1, -0.05) is 0 Å². The van der Waals surface area contributed by atoms with Crippen LogP contribution in [0.5, 0.6) is 0 Å². The summed E-state index contributed by atoms with van der Waals surface area (Å²) in [4.78, 5) is 10.0. The second kappa shape index (κ2) is 6.09. The van der Waals surface area contributed by atoms with E-state index in [0.29, 0.717) is 13.0 Å². The highest BCUT2D eigenvalue weighted by Gasteiger charge is 1.96. The molecule has 5 nitrogen and oxygen atoms in total. The maximum Gasteiger partial charge on any atom is 0.303 e. The Morgan fingerprint density at radius 3 is 2.55 bits per heavy atom. The fraction of sp³-hybridized carbons (Fsp3) is 0.833. The van der Waals surface area contributed by atoms with E-state index in [9.17, 15) is 4.79 Å². The third-order valence-corrected chi connectivity index (χ3v) is 1.20. The minimum Gasteiger partial charge on any atom is -0.481 e. The van der Waals surface area contributed by atoms with E-state index in [1.54, 1.807) is 0 Å². The monoisotopic (exact) mass is 161 g/mol. The zero-order valence-corrected chi connectivity index (χ0v) is 6.42. The number of nitrogens with two attached hydrogens (primary N) is 2. The van der Waals surface area contributed by atoms with E-state index in [4.69, 9.17) is 16.6 Å². The van der Waals surface area contributed by atoms with Crippen LogP contribution in [0.25, 0.3) is 0 Å². The largest absolute Gasteiger partial charge is 0.481 e. The van der Waals surface area contributed by atoms with Gasteiger partial charge >= 0.3 is 5.97 Å². The van der Waals surface area contributed by atoms with E-state index in [0.717, 1.165) is 6.42 Å². The first-order valence-electron chi connectivity index (χ1n) is 3.59. The normalized spacial score (nSPS) is 10.5. The SMILES string of the molecule is NC(N)NCCCCC(=O)O. The average Bonchev–Trinajstić information content (AvgIpc) is 1.85. The average molecular weight is 161 g/mol. The third-order valence-electron chi connectivity index (χ3n) is 1.20. The molecule has 0 aliphatic carbocycles. The van der Waals surface area contributed by atoms with Crippen molar-refractivity contribution in [1.29, 1.82) is 0 Å². The summed E-state index contributed by atoms with van der Waals surface area (Å²) in [5, 5.41) is 11.0. The predicted molar refractivity (Wildman–Crippen MR) is 41.7 cm³/mol. The van der Waals surface area contributed by atoms with E-state index in [1.165, 1.54) is 0 Å². The highest BCUT2D eigenvalue weighted by molar-refractivity contribution is 5.66. The number of rotatable bonds is 6. The molecule has 0 atom stereocenters. The van der Waals surface area contributed by atoms with Gasteiger partial charge in [-0.25, -0.2) is 0 Å². The molecule has 0 fully saturated rings. The molecule has 0 aliphatic rings. The molecule has 0 saturated heterocycles. The van der Waals surface area contributed by atoms with Gasteiger partial charge in [0.25, 0.3) is 0 Å². The summed E-state index contributed by atoms with van der Waals surface area (Å²) in [6, 6.07) is 0. The lowest BCUT2D eigenvalue weighted by atomic mass is 10.2. The van der Waals surface area contributed by atoms with Gasteiger partial charge in [0.2, 0.25) is 0 Å². The number of nitrogens with one attached hydrogen (secondary N) is 1. The summed E-state index contributed by atoms with van der Waals surface area (Å²) in [5.74, 6) is -0.762. The summed E-state index contributed by atoms with van der Waals surface area (Å²) in [7, 11) is 0. The third kappa shape index (κ3) is 9.35. The molecule has 6 N–H and O–H groups in total. The molecule has 0 amide bonds. The summed E-state index contributed by atoms with van der Waals surface area (Å²) < 4.78 is 0. The summed E-state index contributed by atoms with van der Waals surface area (Å²) in [6.07, 6.45) is 1.16. The fourth-order valence-corrected chi connectivity index (χ4v) is 0.670. The van der Waals surface area contributed by atoms with Gasteiger partial charge in [0.1, 0.15) is 6.29 Å². The lowest BCUT2D eigenvalue weighted by Gasteiger charge is -2.06. The smallest absolute Gasteiger partial charge is 0.303 e. The standard InChI is InChI=1S/C6H15N3O2/c7-6(8)9-4-2-1-3-5(10)11/h6,9H,1-4,7-8H2,(H,10,11). The minimum atomic E-state index is -0.762. The maximum absolute atomic E-state index is 10.0. The Morgan fingerprint density at radius 2 is 2.09 bits per heavy atom. The number of aliphatic carboxylic acids is 1. The topological polar surface area (TPSA) is 101 Å². The second-order valence-electron chi connectivity index (χ2n) is 2.33. The predicted octanol–water partition coefficient (Wildman–Crippen LogP) is -0.968. The van der Waals surface area contributed by atoms with Crippen molar-refractivity contribution in [1.82, 2.24) is 5.32 Å². The fourth-order valence-electron chi connectivity index (χ4n) is 0.670. The minimum absolute atomic E-state index is 0.210. The first kappa shape index (κ1) is 10.3. The van der Waals surface area contributed by atoms with Crippen molar-refractivity contribution in [3.63, 3.8) is 0 Å². The molecule has 66 valence electrons. The molecule has 0 radical (unpaired) electrons. The summed E-state index contributed by atoms with van der Waals surface area (Å²) in [6.45, 7) is 0.672.